The normalized spacial score (nSPS) is 12.8. The maximum absolute atomic E-state index is 9.84. The number of carboxylic acids is 2. The van der Waals surface area contributed by atoms with E-state index < -0.39 is 18.0 Å². The molecule has 0 spiro atoms. The molecule has 0 aliphatic heterocycles. The number of nitrogens with zero attached hydrogens (tertiary/aromatic N) is 1. The number of carbonyl (C=O) groups is 2. The van der Waals surface area contributed by atoms with Gasteiger partial charge in [0.25, 0.3) is 0 Å². The summed E-state index contributed by atoms with van der Waals surface area (Å²) in [6.07, 6.45) is 0.680. The second-order valence-electron chi connectivity index (χ2n) is 7.96. The van der Waals surface area contributed by atoms with E-state index in [1.54, 1.807) is 0 Å². The summed E-state index contributed by atoms with van der Waals surface area (Å²) in [4.78, 5) is 24.3. The molecule has 9 heteroatoms. The zero-order valence-corrected chi connectivity index (χ0v) is 19.0. The van der Waals surface area contributed by atoms with Gasteiger partial charge in [-0.3, -0.25) is 0 Å². The minimum absolute atomic E-state index is 0.0278. The molecule has 0 radical (unpaired) electrons. The molecule has 0 amide bonds. The average molecular weight is 439 g/mol. The number of aliphatic hydroxyl groups is 1. The van der Waals surface area contributed by atoms with Gasteiger partial charge in [-0.1, -0.05) is 5.16 Å². The molecule has 0 aromatic heterocycles. The van der Waals surface area contributed by atoms with Crippen LogP contribution in [-0.2, 0) is 14.4 Å². The summed E-state index contributed by atoms with van der Waals surface area (Å²) >= 11 is 0. The van der Waals surface area contributed by atoms with Gasteiger partial charge in [-0.05, 0) is 71.4 Å². The molecule has 0 heterocycles. The van der Waals surface area contributed by atoms with E-state index in [4.69, 9.17) is 19.8 Å². The molecule has 0 saturated carbocycles. The Bertz CT molecular complexity index is 719. The standard InChI is InChI=1S/C18H30N2O3.C4H4O4/c1-13(2)23-17-9-7-15(8-10-17)14(3)20-22-12-16(21)11-19-18(4,5)6;5-3(6)1-2-4(7)8/h7-10,13,16,19,21H,11-12H2,1-6H3;1-2H,(H,5,6)(H,7,8)/b20-14+;2-1-. The van der Waals surface area contributed by atoms with E-state index in [1.165, 1.54) is 0 Å². The average Bonchev–Trinajstić information content (AvgIpc) is 2.64. The van der Waals surface area contributed by atoms with Crippen molar-refractivity contribution in [3.63, 3.8) is 0 Å². The fraction of sp³-hybridized carbons (Fsp3) is 0.500. The van der Waals surface area contributed by atoms with Gasteiger partial charge in [-0.2, -0.15) is 0 Å². The molecule has 1 aromatic rings. The lowest BCUT2D eigenvalue weighted by Gasteiger charge is -2.22. The second kappa shape index (κ2) is 14.2. The van der Waals surface area contributed by atoms with Gasteiger partial charge in [0.05, 0.1) is 11.8 Å². The van der Waals surface area contributed by atoms with E-state index in [-0.39, 0.29) is 18.2 Å². The first-order valence-corrected chi connectivity index (χ1v) is 9.81. The highest BCUT2D eigenvalue weighted by atomic mass is 16.6. The number of carboxylic acid groups (broad SMARTS) is 2. The van der Waals surface area contributed by atoms with Gasteiger partial charge in [-0.15, -0.1) is 0 Å². The number of nitrogens with one attached hydrogen (secondary N) is 1. The first-order chi connectivity index (χ1) is 14.3. The molecular weight excluding hydrogens is 404 g/mol. The summed E-state index contributed by atoms with van der Waals surface area (Å²) in [5, 5.41) is 32.7. The number of benzene rings is 1. The Morgan fingerprint density at radius 3 is 2.03 bits per heavy atom. The van der Waals surface area contributed by atoms with Gasteiger partial charge in [-0.25, -0.2) is 9.59 Å². The number of hydrogen-bond donors (Lipinski definition) is 4. The maximum atomic E-state index is 9.84. The molecule has 1 aromatic carbocycles. The molecule has 9 nitrogen and oxygen atoms in total. The molecule has 0 aliphatic carbocycles. The molecule has 1 unspecified atom stereocenters. The van der Waals surface area contributed by atoms with Crippen LogP contribution in [0.2, 0.25) is 0 Å². The van der Waals surface area contributed by atoms with E-state index >= 15 is 0 Å². The summed E-state index contributed by atoms with van der Waals surface area (Å²) in [7, 11) is 0. The molecule has 0 saturated heterocycles. The number of aliphatic hydroxyl groups excluding tert-OH is 1. The van der Waals surface area contributed by atoms with Crippen LogP contribution >= 0.6 is 0 Å². The Balaban J connectivity index is 0.000000954. The summed E-state index contributed by atoms with van der Waals surface area (Å²) in [6, 6.07) is 7.71. The molecule has 1 atom stereocenters. The van der Waals surface area contributed by atoms with Crippen molar-refractivity contribution in [2.45, 2.75) is 59.3 Å². The molecular formula is C22H34N2O7. The third-order valence-corrected chi connectivity index (χ3v) is 3.35. The number of β-amino-alcohol motifs (C(OH)–C–C–N with tert-alkyl or cyclic N) is 1. The zero-order chi connectivity index (χ0) is 24.0. The van der Waals surface area contributed by atoms with Crippen LogP contribution in [0.4, 0.5) is 0 Å². The number of ether oxygens (including phenoxy) is 1. The Labute approximate surface area is 183 Å². The number of oxime groups is 1. The van der Waals surface area contributed by atoms with Gasteiger partial charge in [0.2, 0.25) is 0 Å². The predicted octanol–water partition coefficient (Wildman–Crippen LogP) is 2.68. The first-order valence-electron chi connectivity index (χ1n) is 9.81. The molecule has 174 valence electrons. The summed E-state index contributed by atoms with van der Waals surface area (Å²) in [6.45, 7) is 12.6. The fourth-order valence-electron chi connectivity index (χ4n) is 1.95. The lowest BCUT2D eigenvalue weighted by molar-refractivity contribution is -0.134. The minimum Gasteiger partial charge on any atom is -0.491 e. The second-order valence-corrected chi connectivity index (χ2v) is 7.96. The maximum Gasteiger partial charge on any atom is 0.328 e. The van der Waals surface area contributed by atoms with E-state index in [1.807, 2.05) is 45.0 Å². The van der Waals surface area contributed by atoms with E-state index in [9.17, 15) is 14.7 Å². The smallest absolute Gasteiger partial charge is 0.328 e. The monoisotopic (exact) mass is 438 g/mol. The molecule has 31 heavy (non-hydrogen) atoms. The molecule has 1 rings (SSSR count). The van der Waals surface area contributed by atoms with Crippen molar-refractivity contribution in [2.24, 2.45) is 5.16 Å². The van der Waals surface area contributed by atoms with Crippen molar-refractivity contribution in [1.29, 1.82) is 0 Å². The summed E-state index contributed by atoms with van der Waals surface area (Å²) in [5.74, 6) is -1.68. The van der Waals surface area contributed by atoms with Crippen LogP contribution in [0.3, 0.4) is 0 Å². The van der Waals surface area contributed by atoms with Crippen molar-refractivity contribution in [3.05, 3.63) is 42.0 Å². The Morgan fingerprint density at radius 2 is 1.61 bits per heavy atom. The third kappa shape index (κ3) is 16.6. The lowest BCUT2D eigenvalue weighted by atomic mass is 10.1. The fourth-order valence-corrected chi connectivity index (χ4v) is 1.95. The highest BCUT2D eigenvalue weighted by Crippen LogP contribution is 2.14. The quantitative estimate of drug-likeness (QED) is 0.248. The lowest BCUT2D eigenvalue weighted by Crippen LogP contribution is -2.42. The topological polar surface area (TPSA) is 138 Å². The van der Waals surface area contributed by atoms with Crippen molar-refractivity contribution in [2.75, 3.05) is 13.2 Å². The van der Waals surface area contributed by atoms with Crippen LogP contribution in [0.15, 0.2) is 41.6 Å². The SMILES string of the molecule is C/C(=N\OCC(O)CNC(C)(C)C)c1ccc(OC(C)C)cc1.O=C(O)/C=C\C(=O)O. The van der Waals surface area contributed by atoms with Crippen LogP contribution in [0.25, 0.3) is 0 Å². The van der Waals surface area contributed by atoms with Crippen molar-refractivity contribution >= 4 is 17.7 Å². The van der Waals surface area contributed by atoms with Crippen molar-refractivity contribution in [3.8, 4) is 5.75 Å². The van der Waals surface area contributed by atoms with Crippen LogP contribution < -0.4 is 10.1 Å². The van der Waals surface area contributed by atoms with E-state index in [0.717, 1.165) is 17.0 Å². The molecule has 0 aliphatic rings. The summed E-state index contributed by atoms with van der Waals surface area (Å²) in [5.41, 5.74) is 1.69. The Hall–Kier alpha value is -2.91. The number of aliphatic carboxylic acids is 2. The Kier molecular flexibility index (Phi) is 12.8. The van der Waals surface area contributed by atoms with Gasteiger partial charge in [0.1, 0.15) is 18.5 Å². The molecule has 0 fully saturated rings. The van der Waals surface area contributed by atoms with Crippen LogP contribution in [0.1, 0.15) is 47.1 Å². The van der Waals surface area contributed by atoms with E-state index in [2.05, 4.69) is 31.2 Å². The van der Waals surface area contributed by atoms with Gasteiger partial charge in [0, 0.05) is 24.2 Å². The van der Waals surface area contributed by atoms with Crippen LogP contribution in [0.5, 0.6) is 5.75 Å². The highest BCUT2D eigenvalue weighted by Gasteiger charge is 2.12. The first kappa shape index (κ1) is 28.1. The third-order valence-electron chi connectivity index (χ3n) is 3.35. The number of hydrogen-bond acceptors (Lipinski definition) is 7. The zero-order valence-electron chi connectivity index (χ0n) is 19.0. The van der Waals surface area contributed by atoms with Gasteiger partial charge in [0.15, 0.2) is 0 Å². The highest BCUT2D eigenvalue weighted by molar-refractivity contribution is 5.98. The van der Waals surface area contributed by atoms with Crippen molar-refractivity contribution < 1.29 is 34.5 Å². The Morgan fingerprint density at radius 1 is 1.10 bits per heavy atom. The minimum atomic E-state index is -1.26. The van der Waals surface area contributed by atoms with Gasteiger partial charge < -0.3 is 30.2 Å². The molecule has 4 N–H and O–H groups in total. The predicted molar refractivity (Wildman–Crippen MR) is 119 cm³/mol. The van der Waals surface area contributed by atoms with Gasteiger partial charge >= 0.3 is 11.9 Å². The van der Waals surface area contributed by atoms with Crippen molar-refractivity contribution in [1.82, 2.24) is 5.32 Å². The van der Waals surface area contributed by atoms with Crippen LogP contribution in [0, 0.1) is 0 Å². The molecule has 0 bridgehead atoms. The summed E-state index contributed by atoms with van der Waals surface area (Å²) < 4.78 is 5.60. The van der Waals surface area contributed by atoms with Crippen LogP contribution in [-0.4, -0.2) is 63.9 Å². The largest absolute Gasteiger partial charge is 0.491 e. The number of rotatable bonds is 10. The van der Waals surface area contributed by atoms with E-state index in [0.29, 0.717) is 18.7 Å².